The van der Waals surface area contributed by atoms with Gasteiger partial charge in [-0.3, -0.25) is 18.9 Å². The predicted molar refractivity (Wildman–Crippen MR) is 129 cm³/mol. The van der Waals surface area contributed by atoms with Gasteiger partial charge in [0.05, 0.1) is 18.4 Å². The molecule has 0 aliphatic carbocycles. The normalized spacial score (nSPS) is 13.0. The molecular weight excluding hydrogens is 420 g/mol. The lowest BCUT2D eigenvalue weighted by Gasteiger charge is -2.14. The highest BCUT2D eigenvalue weighted by molar-refractivity contribution is 5.96. The molecule has 0 spiro atoms. The summed E-state index contributed by atoms with van der Waals surface area (Å²) in [6, 6.07) is 18.9. The Kier molecular flexibility index (Phi) is 6.32. The van der Waals surface area contributed by atoms with Crippen molar-refractivity contribution in [2.75, 3.05) is 5.43 Å². The number of hydrogen-bond donors (Lipinski definition) is 3. The molecule has 2 aromatic heterocycles. The summed E-state index contributed by atoms with van der Waals surface area (Å²) < 4.78 is 2.78. The van der Waals surface area contributed by atoms with E-state index in [2.05, 4.69) is 20.5 Å². The molecular formula is C24H24N6O3. The molecule has 4 rings (SSSR count). The molecule has 0 aliphatic heterocycles. The quantitative estimate of drug-likeness (QED) is 0.299. The lowest BCUT2D eigenvalue weighted by atomic mass is 10.1. The van der Waals surface area contributed by atoms with E-state index in [9.17, 15) is 14.7 Å². The Labute approximate surface area is 189 Å². The minimum atomic E-state index is -0.899. The molecule has 0 radical (unpaired) electrons. The second-order valence-electron chi connectivity index (χ2n) is 7.57. The monoisotopic (exact) mass is 444 g/mol. The van der Waals surface area contributed by atoms with Gasteiger partial charge in [-0.2, -0.15) is 10.1 Å². The summed E-state index contributed by atoms with van der Waals surface area (Å²) in [5.41, 5.74) is 4.48. The van der Waals surface area contributed by atoms with Gasteiger partial charge < -0.3 is 5.11 Å². The van der Waals surface area contributed by atoms with Gasteiger partial charge in [0.25, 0.3) is 5.56 Å². The number of nitrogens with zero attached hydrogens (tertiary/aromatic N) is 4. The van der Waals surface area contributed by atoms with Gasteiger partial charge in [-0.25, -0.2) is 10.2 Å². The summed E-state index contributed by atoms with van der Waals surface area (Å²) in [6.07, 6.45) is 2.87. The predicted octanol–water partition coefficient (Wildman–Crippen LogP) is 2.66. The molecule has 4 aromatic rings. The number of benzene rings is 2. The lowest BCUT2D eigenvalue weighted by molar-refractivity contribution is 0.158. The van der Waals surface area contributed by atoms with E-state index in [1.165, 1.54) is 16.2 Å². The number of hydrazone groups is 1. The van der Waals surface area contributed by atoms with Crippen LogP contribution in [-0.4, -0.2) is 29.9 Å². The van der Waals surface area contributed by atoms with Gasteiger partial charge in [0.1, 0.15) is 0 Å². The number of imidazole rings is 1. The summed E-state index contributed by atoms with van der Waals surface area (Å²) in [6.45, 7) is 1.86. The second-order valence-corrected chi connectivity index (χ2v) is 7.57. The molecule has 0 fully saturated rings. The fourth-order valence-corrected chi connectivity index (χ4v) is 3.41. The van der Waals surface area contributed by atoms with Crippen molar-refractivity contribution in [1.82, 2.24) is 19.1 Å². The molecule has 9 heteroatoms. The second kappa shape index (κ2) is 9.49. The van der Waals surface area contributed by atoms with Crippen molar-refractivity contribution in [3.05, 3.63) is 98.7 Å². The molecule has 0 unspecified atom stereocenters. The van der Waals surface area contributed by atoms with Crippen LogP contribution in [0.5, 0.6) is 0 Å². The molecule has 0 amide bonds. The van der Waals surface area contributed by atoms with Crippen LogP contribution in [0, 0.1) is 0 Å². The van der Waals surface area contributed by atoms with E-state index in [1.807, 2.05) is 67.6 Å². The van der Waals surface area contributed by atoms with E-state index >= 15 is 0 Å². The lowest BCUT2D eigenvalue weighted by Crippen LogP contribution is -2.29. The zero-order valence-electron chi connectivity index (χ0n) is 18.3. The highest BCUT2D eigenvalue weighted by Crippen LogP contribution is 2.21. The van der Waals surface area contributed by atoms with Gasteiger partial charge in [-0.1, -0.05) is 66.7 Å². The van der Waals surface area contributed by atoms with Crippen molar-refractivity contribution >= 4 is 28.9 Å². The van der Waals surface area contributed by atoms with Crippen LogP contribution in [0.2, 0.25) is 0 Å². The number of nitrogens with one attached hydrogen (secondary N) is 2. The molecule has 2 heterocycles. The van der Waals surface area contributed by atoms with Crippen molar-refractivity contribution in [3.8, 4) is 0 Å². The summed E-state index contributed by atoms with van der Waals surface area (Å²) in [7, 11) is 1.52. The minimum absolute atomic E-state index is 0.0402. The Hall–Kier alpha value is -4.24. The van der Waals surface area contributed by atoms with E-state index in [4.69, 9.17) is 0 Å². The maximum absolute atomic E-state index is 12.6. The van der Waals surface area contributed by atoms with Crippen molar-refractivity contribution in [2.24, 2.45) is 12.1 Å². The van der Waals surface area contributed by atoms with Crippen LogP contribution >= 0.6 is 0 Å². The SMILES string of the molecule is CC(/C=C/c1ccccc1)=N/Nc1nc2c(c(=O)[nH]c(=O)n2C)n1C[C@H](O)c1ccccc1. The largest absolute Gasteiger partial charge is 0.387 e. The number of aromatic amines is 1. The van der Waals surface area contributed by atoms with Crippen LogP contribution in [0.1, 0.15) is 24.2 Å². The third-order valence-corrected chi connectivity index (χ3v) is 5.20. The molecule has 0 saturated heterocycles. The van der Waals surface area contributed by atoms with E-state index in [1.54, 1.807) is 12.1 Å². The number of aryl methyl sites for hydroxylation is 1. The Bertz CT molecular complexity index is 1430. The molecule has 1 atom stereocenters. The van der Waals surface area contributed by atoms with Crippen molar-refractivity contribution in [1.29, 1.82) is 0 Å². The maximum Gasteiger partial charge on any atom is 0.329 e. The highest BCUT2D eigenvalue weighted by Gasteiger charge is 2.20. The van der Waals surface area contributed by atoms with Crippen LogP contribution in [0.4, 0.5) is 5.95 Å². The molecule has 3 N–H and O–H groups in total. The van der Waals surface area contributed by atoms with Crippen LogP contribution in [0.3, 0.4) is 0 Å². The van der Waals surface area contributed by atoms with E-state index < -0.39 is 17.4 Å². The number of fused-ring (bicyclic) bond motifs is 1. The Morgan fingerprint density at radius 2 is 1.82 bits per heavy atom. The number of aromatic nitrogens is 4. The summed E-state index contributed by atoms with van der Waals surface area (Å²) in [4.78, 5) is 31.4. The zero-order valence-corrected chi connectivity index (χ0v) is 18.3. The first-order valence-corrected chi connectivity index (χ1v) is 10.4. The molecule has 0 saturated carbocycles. The molecule has 2 aromatic carbocycles. The van der Waals surface area contributed by atoms with Gasteiger partial charge in [-0.05, 0) is 24.1 Å². The van der Waals surface area contributed by atoms with Gasteiger partial charge in [0, 0.05) is 7.05 Å². The smallest absolute Gasteiger partial charge is 0.329 e. The Morgan fingerprint density at radius 3 is 2.52 bits per heavy atom. The standard InChI is InChI=1S/C24H24N6O3/c1-16(13-14-17-9-5-3-6-10-17)27-28-23-25-21-20(22(32)26-24(33)29(21)2)30(23)15-19(31)18-11-7-4-8-12-18/h3-14,19,31H,15H2,1-2H3,(H,25,28)(H,26,32,33)/b14-13+,27-16-/t19-/m0/s1. The average Bonchev–Trinajstić information content (AvgIpc) is 3.20. The summed E-state index contributed by atoms with van der Waals surface area (Å²) in [5.74, 6) is 0.235. The zero-order chi connectivity index (χ0) is 23.4. The van der Waals surface area contributed by atoms with E-state index in [-0.39, 0.29) is 23.7 Å². The highest BCUT2D eigenvalue weighted by atomic mass is 16.3. The van der Waals surface area contributed by atoms with E-state index in [0.29, 0.717) is 11.3 Å². The van der Waals surface area contributed by atoms with Gasteiger partial charge in [0.2, 0.25) is 5.95 Å². The first-order chi connectivity index (χ1) is 15.9. The van der Waals surface area contributed by atoms with Crippen LogP contribution < -0.4 is 16.7 Å². The third-order valence-electron chi connectivity index (χ3n) is 5.20. The van der Waals surface area contributed by atoms with Crippen molar-refractivity contribution in [2.45, 2.75) is 19.6 Å². The fourth-order valence-electron chi connectivity index (χ4n) is 3.41. The maximum atomic E-state index is 12.6. The minimum Gasteiger partial charge on any atom is -0.387 e. The van der Waals surface area contributed by atoms with E-state index in [0.717, 1.165) is 5.56 Å². The number of hydrogen-bond acceptors (Lipinski definition) is 6. The number of H-pyrrole nitrogens is 1. The third kappa shape index (κ3) is 4.83. The van der Waals surface area contributed by atoms with Crippen molar-refractivity contribution < 1.29 is 5.11 Å². The van der Waals surface area contributed by atoms with Gasteiger partial charge >= 0.3 is 5.69 Å². The summed E-state index contributed by atoms with van der Waals surface area (Å²) in [5, 5.41) is 15.1. The van der Waals surface area contributed by atoms with Crippen LogP contribution in [0.15, 0.2) is 81.4 Å². The van der Waals surface area contributed by atoms with Crippen LogP contribution in [0.25, 0.3) is 17.2 Å². The molecule has 168 valence electrons. The number of aliphatic hydroxyl groups is 1. The number of allylic oxidation sites excluding steroid dienone is 1. The molecule has 0 bridgehead atoms. The Morgan fingerprint density at radius 1 is 1.15 bits per heavy atom. The fraction of sp³-hybridized carbons (Fsp3) is 0.167. The first kappa shape index (κ1) is 22.0. The number of aliphatic hydroxyl groups excluding tert-OH is 1. The topological polar surface area (TPSA) is 117 Å². The first-order valence-electron chi connectivity index (χ1n) is 10.4. The Balaban J connectivity index is 1.70. The molecule has 0 aliphatic rings. The van der Waals surface area contributed by atoms with Gasteiger partial charge in [0.15, 0.2) is 11.2 Å². The molecule has 33 heavy (non-hydrogen) atoms. The number of anilines is 1. The van der Waals surface area contributed by atoms with Crippen LogP contribution in [-0.2, 0) is 13.6 Å². The number of rotatable bonds is 7. The molecule has 9 nitrogen and oxygen atoms in total. The average molecular weight is 444 g/mol. The summed E-state index contributed by atoms with van der Waals surface area (Å²) >= 11 is 0. The van der Waals surface area contributed by atoms with Crippen molar-refractivity contribution in [3.63, 3.8) is 0 Å². The van der Waals surface area contributed by atoms with Gasteiger partial charge in [-0.15, -0.1) is 0 Å².